The highest BCUT2D eigenvalue weighted by Gasteiger charge is 2.27. The normalized spacial score (nSPS) is 17.9. The number of likely N-dealkylation sites (tertiary alicyclic amines) is 1. The summed E-state index contributed by atoms with van der Waals surface area (Å²) in [6, 6.07) is 14.8. The molecule has 25 heavy (non-hydrogen) atoms. The Kier molecular flexibility index (Phi) is 6.05. The van der Waals surface area contributed by atoms with Crippen molar-refractivity contribution in [2.45, 2.75) is 38.6 Å². The zero-order valence-electron chi connectivity index (χ0n) is 15.0. The van der Waals surface area contributed by atoms with Gasteiger partial charge in [0.2, 0.25) is 5.91 Å². The van der Waals surface area contributed by atoms with Crippen molar-refractivity contribution in [2.75, 3.05) is 31.1 Å². The molecule has 1 N–H and O–H groups in total. The third kappa shape index (κ3) is 4.02. The third-order valence-corrected chi connectivity index (χ3v) is 5.21. The molecule has 1 atom stereocenters. The second-order valence-corrected chi connectivity index (χ2v) is 6.77. The minimum atomic E-state index is 0.162. The first kappa shape index (κ1) is 17.9. The second kappa shape index (κ2) is 8.45. The summed E-state index contributed by atoms with van der Waals surface area (Å²) in [5, 5.41) is 11.4. The van der Waals surface area contributed by atoms with Gasteiger partial charge in [-0.05, 0) is 50.6 Å². The van der Waals surface area contributed by atoms with Crippen LogP contribution in [0.4, 0.5) is 5.69 Å². The van der Waals surface area contributed by atoms with Crippen molar-refractivity contribution in [3.05, 3.63) is 42.5 Å². The zero-order chi connectivity index (χ0) is 17.6. The number of anilines is 1. The maximum Gasteiger partial charge on any atom is 0.241 e. The van der Waals surface area contributed by atoms with E-state index in [2.05, 4.69) is 23.1 Å². The quantitative estimate of drug-likeness (QED) is 0.840. The number of aliphatic hydroxyl groups excluding tert-OH is 1. The Bertz CT molecular complexity index is 711. The maximum atomic E-state index is 13.0. The molecule has 2 aromatic carbocycles. The van der Waals surface area contributed by atoms with Crippen LogP contribution in [0.3, 0.4) is 0 Å². The van der Waals surface area contributed by atoms with Gasteiger partial charge in [-0.1, -0.05) is 36.4 Å². The Balaban J connectivity index is 1.77. The van der Waals surface area contributed by atoms with E-state index < -0.39 is 0 Å². The summed E-state index contributed by atoms with van der Waals surface area (Å²) in [5.74, 6) is 0.162. The molecule has 3 rings (SSSR count). The van der Waals surface area contributed by atoms with Gasteiger partial charge in [0, 0.05) is 24.6 Å². The molecule has 0 aromatic heterocycles. The number of nitrogens with zero attached hydrogens (tertiary/aromatic N) is 2. The van der Waals surface area contributed by atoms with E-state index >= 15 is 0 Å². The smallest absolute Gasteiger partial charge is 0.241 e. The standard InChI is InChI=1S/C21H28N2O2/c1-2-23(20-13-5-9-17-8-3-4-12-19(17)20)21(25)16-22-14-6-10-18(22)11-7-15-24/h3-5,8-9,12-13,18,24H,2,6-7,10-11,14-16H2,1H3. The minimum absolute atomic E-state index is 0.162. The molecule has 0 saturated carbocycles. The minimum Gasteiger partial charge on any atom is -0.396 e. The van der Waals surface area contributed by atoms with E-state index in [0.29, 0.717) is 19.1 Å². The fourth-order valence-electron chi connectivity index (χ4n) is 3.94. The number of benzene rings is 2. The fourth-order valence-corrected chi connectivity index (χ4v) is 3.94. The number of amides is 1. The SMILES string of the molecule is CCN(C(=O)CN1CCCC1CCCO)c1cccc2ccccc12. The molecule has 4 heteroatoms. The lowest BCUT2D eigenvalue weighted by molar-refractivity contribution is -0.119. The Morgan fingerprint density at radius 1 is 1.24 bits per heavy atom. The average molecular weight is 340 g/mol. The van der Waals surface area contributed by atoms with Crippen molar-refractivity contribution < 1.29 is 9.90 Å². The molecule has 0 spiro atoms. The molecule has 1 aliphatic heterocycles. The van der Waals surface area contributed by atoms with Crippen molar-refractivity contribution in [2.24, 2.45) is 0 Å². The molecule has 1 fully saturated rings. The first-order valence-electron chi connectivity index (χ1n) is 9.37. The molecule has 0 bridgehead atoms. The van der Waals surface area contributed by atoms with E-state index in [9.17, 15) is 4.79 Å². The summed E-state index contributed by atoms with van der Waals surface area (Å²) in [5.41, 5.74) is 0.997. The molecule has 2 aromatic rings. The summed E-state index contributed by atoms with van der Waals surface area (Å²) in [6.45, 7) is 4.38. The molecular formula is C21H28N2O2. The van der Waals surface area contributed by atoms with E-state index in [1.54, 1.807) is 0 Å². The lowest BCUT2D eigenvalue weighted by Gasteiger charge is -2.28. The van der Waals surface area contributed by atoms with Gasteiger partial charge < -0.3 is 10.0 Å². The second-order valence-electron chi connectivity index (χ2n) is 6.77. The Morgan fingerprint density at radius 2 is 2.04 bits per heavy atom. The van der Waals surface area contributed by atoms with Gasteiger partial charge in [0.15, 0.2) is 0 Å². The monoisotopic (exact) mass is 340 g/mol. The molecule has 1 aliphatic rings. The number of fused-ring (bicyclic) bond motifs is 1. The van der Waals surface area contributed by atoms with Crippen LogP contribution in [-0.2, 0) is 4.79 Å². The Hall–Kier alpha value is -1.91. The maximum absolute atomic E-state index is 13.0. The van der Waals surface area contributed by atoms with Gasteiger partial charge >= 0.3 is 0 Å². The van der Waals surface area contributed by atoms with Crippen molar-refractivity contribution in [3.8, 4) is 0 Å². The molecule has 134 valence electrons. The van der Waals surface area contributed by atoms with Gasteiger partial charge in [0.05, 0.1) is 12.2 Å². The zero-order valence-corrected chi connectivity index (χ0v) is 15.0. The van der Waals surface area contributed by atoms with Crippen LogP contribution in [0.1, 0.15) is 32.6 Å². The Morgan fingerprint density at radius 3 is 2.84 bits per heavy atom. The number of hydrogen-bond donors (Lipinski definition) is 1. The average Bonchev–Trinajstić information content (AvgIpc) is 3.07. The van der Waals surface area contributed by atoms with E-state index in [4.69, 9.17) is 5.11 Å². The van der Waals surface area contributed by atoms with Crippen LogP contribution in [0.2, 0.25) is 0 Å². The number of hydrogen-bond acceptors (Lipinski definition) is 3. The van der Waals surface area contributed by atoms with Gasteiger partial charge in [-0.2, -0.15) is 0 Å². The van der Waals surface area contributed by atoms with Crippen LogP contribution >= 0.6 is 0 Å². The molecule has 4 nitrogen and oxygen atoms in total. The van der Waals surface area contributed by atoms with Crippen LogP contribution in [-0.4, -0.2) is 48.2 Å². The number of likely N-dealkylation sites (N-methyl/N-ethyl adjacent to an activating group) is 1. The Labute approximate surface area is 150 Å². The van der Waals surface area contributed by atoms with E-state index in [1.165, 1.54) is 0 Å². The molecule has 0 radical (unpaired) electrons. The van der Waals surface area contributed by atoms with Crippen LogP contribution in [0, 0.1) is 0 Å². The summed E-state index contributed by atoms with van der Waals surface area (Å²) >= 11 is 0. The number of carbonyl (C=O) groups excluding carboxylic acids is 1. The van der Waals surface area contributed by atoms with Gasteiger partial charge in [0.25, 0.3) is 0 Å². The third-order valence-electron chi connectivity index (χ3n) is 5.21. The fraction of sp³-hybridized carbons (Fsp3) is 0.476. The molecule has 0 aliphatic carbocycles. The summed E-state index contributed by atoms with van der Waals surface area (Å²) in [7, 11) is 0. The largest absolute Gasteiger partial charge is 0.396 e. The van der Waals surface area contributed by atoms with Crippen LogP contribution in [0.15, 0.2) is 42.5 Å². The first-order chi connectivity index (χ1) is 12.2. The number of carbonyl (C=O) groups is 1. The van der Waals surface area contributed by atoms with E-state index in [0.717, 1.165) is 48.7 Å². The summed E-state index contributed by atoms with van der Waals surface area (Å²) in [4.78, 5) is 17.2. The van der Waals surface area contributed by atoms with E-state index in [1.807, 2.05) is 36.1 Å². The highest BCUT2D eigenvalue weighted by molar-refractivity contribution is 6.04. The van der Waals surface area contributed by atoms with Crippen LogP contribution in [0.25, 0.3) is 10.8 Å². The molecular weight excluding hydrogens is 312 g/mol. The van der Waals surface area contributed by atoms with Gasteiger partial charge in [-0.15, -0.1) is 0 Å². The highest BCUT2D eigenvalue weighted by atomic mass is 16.3. The topological polar surface area (TPSA) is 43.8 Å². The van der Waals surface area contributed by atoms with Crippen molar-refractivity contribution in [3.63, 3.8) is 0 Å². The number of aliphatic hydroxyl groups is 1. The lowest BCUT2D eigenvalue weighted by atomic mass is 10.1. The van der Waals surface area contributed by atoms with Crippen molar-refractivity contribution >= 4 is 22.4 Å². The van der Waals surface area contributed by atoms with Crippen molar-refractivity contribution in [1.29, 1.82) is 0 Å². The van der Waals surface area contributed by atoms with Crippen molar-refractivity contribution in [1.82, 2.24) is 4.90 Å². The van der Waals surface area contributed by atoms with Crippen LogP contribution in [0.5, 0.6) is 0 Å². The molecule has 1 unspecified atom stereocenters. The highest BCUT2D eigenvalue weighted by Crippen LogP contribution is 2.28. The van der Waals surface area contributed by atoms with E-state index in [-0.39, 0.29) is 12.5 Å². The van der Waals surface area contributed by atoms with Gasteiger partial charge in [-0.3, -0.25) is 9.69 Å². The van der Waals surface area contributed by atoms with Gasteiger partial charge in [-0.25, -0.2) is 0 Å². The summed E-state index contributed by atoms with van der Waals surface area (Å²) < 4.78 is 0. The number of rotatable bonds is 7. The predicted molar refractivity (Wildman–Crippen MR) is 103 cm³/mol. The van der Waals surface area contributed by atoms with Gasteiger partial charge in [0.1, 0.15) is 0 Å². The lowest BCUT2D eigenvalue weighted by Crippen LogP contribution is -2.42. The first-order valence-corrected chi connectivity index (χ1v) is 9.37. The summed E-state index contributed by atoms with van der Waals surface area (Å²) in [6.07, 6.45) is 4.07. The molecule has 1 heterocycles. The van der Waals surface area contributed by atoms with Crippen LogP contribution < -0.4 is 4.90 Å². The predicted octanol–water partition coefficient (Wildman–Crippen LogP) is 3.43. The molecule has 1 saturated heterocycles. The molecule has 1 amide bonds.